The minimum atomic E-state index is -1.21. The van der Waals surface area contributed by atoms with Gasteiger partial charge in [0, 0.05) is 18.1 Å². The van der Waals surface area contributed by atoms with E-state index in [-0.39, 0.29) is 21.7 Å². The van der Waals surface area contributed by atoms with Gasteiger partial charge in [0.25, 0.3) is 0 Å². The number of halogens is 4. The van der Waals surface area contributed by atoms with Crippen LogP contribution >= 0.6 is 34.8 Å². The quantitative estimate of drug-likeness (QED) is 0.440. The average Bonchev–Trinajstić information content (AvgIpc) is 2.79. The fraction of sp³-hybridized carbons (Fsp3) is 0.250. The number of phenols is 1. The van der Waals surface area contributed by atoms with Gasteiger partial charge in [-0.15, -0.1) is 0 Å². The van der Waals surface area contributed by atoms with Crippen molar-refractivity contribution in [3.63, 3.8) is 0 Å². The van der Waals surface area contributed by atoms with E-state index < -0.39 is 28.1 Å². The molecule has 1 aromatic heterocycles. The van der Waals surface area contributed by atoms with Crippen LogP contribution in [0.4, 0.5) is 4.39 Å². The molecule has 1 aliphatic rings. The number of nitrogens with zero attached hydrogens (tertiary/aromatic N) is 1. The first-order valence-corrected chi connectivity index (χ1v) is 8.19. The highest BCUT2D eigenvalue weighted by Gasteiger charge is 2.33. The van der Waals surface area contributed by atoms with Crippen molar-refractivity contribution in [3.8, 4) is 17.2 Å². The molecule has 0 atom stereocenters. The first kappa shape index (κ1) is 18.0. The largest absolute Gasteiger partial charge is 0.504 e. The predicted molar refractivity (Wildman–Crippen MR) is 90.7 cm³/mol. The molecule has 132 valence electrons. The zero-order chi connectivity index (χ0) is 18.5. The summed E-state index contributed by atoms with van der Waals surface area (Å²) in [6, 6.07) is 2.72. The maximum Gasteiger partial charge on any atom is 0.349 e. The smallest absolute Gasteiger partial charge is 0.349 e. The van der Waals surface area contributed by atoms with Crippen LogP contribution in [0.15, 0.2) is 12.1 Å². The molecule has 3 rings (SSSR count). The van der Waals surface area contributed by atoms with Crippen LogP contribution in [0.1, 0.15) is 29.8 Å². The van der Waals surface area contributed by atoms with E-state index in [1.807, 2.05) is 13.8 Å². The third-order valence-corrected chi connectivity index (χ3v) is 4.74. The summed E-state index contributed by atoms with van der Waals surface area (Å²) < 4.78 is 24.7. The molecule has 1 N–H and O–H groups in total. The van der Waals surface area contributed by atoms with E-state index in [9.17, 15) is 14.3 Å². The minimum Gasteiger partial charge on any atom is -0.504 e. The molecule has 0 amide bonds. The molecule has 0 saturated heterocycles. The lowest BCUT2D eigenvalue weighted by atomic mass is 10.0. The van der Waals surface area contributed by atoms with Crippen LogP contribution in [0.2, 0.25) is 15.2 Å². The fourth-order valence-corrected chi connectivity index (χ4v) is 3.14. The van der Waals surface area contributed by atoms with Crippen molar-refractivity contribution in [2.45, 2.75) is 25.9 Å². The van der Waals surface area contributed by atoms with Crippen LogP contribution in [0, 0.1) is 5.95 Å². The molecule has 0 saturated carbocycles. The van der Waals surface area contributed by atoms with E-state index in [4.69, 9.17) is 44.3 Å². The summed E-state index contributed by atoms with van der Waals surface area (Å²) >= 11 is 17.2. The molecule has 5 nitrogen and oxygen atoms in total. The van der Waals surface area contributed by atoms with E-state index in [1.165, 1.54) is 12.1 Å². The third-order valence-electron chi connectivity index (χ3n) is 3.52. The number of pyridine rings is 1. The Balaban J connectivity index is 1.94. The number of carbonyl (C=O) groups is 1. The van der Waals surface area contributed by atoms with E-state index in [0.717, 1.165) is 0 Å². The number of rotatable bonds is 2. The number of carbonyl (C=O) groups excluding carboxylic acids is 1. The molecule has 0 aliphatic carbocycles. The number of hydrogen-bond donors (Lipinski definition) is 1. The fourth-order valence-electron chi connectivity index (χ4n) is 2.54. The molecule has 1 aromatic carbocycles. The molecule has 2 aromatic rings. The van der Waals surface area contributed by atoms with Crippen LogP contribution in [0.3, 0.4) is 0 Å². The van der Waals surface area contributed by atoms with Crippen molar-refractivity contribution in [3.05, 3.63) is 44.4 Å². The van der Waals surface area contributed by atoms with Gasteiger partial charge in [0.1, 0.15) is 16.9 Å². The molecule has 0 fully saturated rings. The van der Waals surface area contributed by atoms with Gasteiger partial charge in [0.15, 0.2) is 16.7 Å². The maximum atomic E-state index is 13.9. The first-order chi connectivity index (χ1) is 11.6. The highest BCUT2D eigenvalue weighted by molar-refractivity contribution is 6.48. The summed E-state index contributed by atoms with van der Waals surface area (Å²) in [5.41, 5.74) is -0.481. The summed E-state index contributed by atoms with van der Waals surface area (Å²) in [6.07, 6.45) is 0.505. The highest BCUT2D eigenvalue weighted by atomic mass is 35.5. The average molecular weight is 407 g/mol. The molecule has 9 heteroatoms. The predicted octanol–water partition coefficient (Wildman–Crippen LogP) is 4.82. The Kier molecular flexibility index (Phi) is 4.47. The second-order valence-electron chi connectivity index (χ2n) is 6.06. The number of benzene rings is 1. The Morgan fingerprint density at radius 1 is 1.32 bits per heavy atom. The lowest BCUT2D eigenvalue weighted by molar-refractivity contribution is 0.0728. The van der Waals surface area contributed by atoms with Crippen molar-refractivity contribution in [1.29, 1.82) is 0 Å². The standard InChI is InChI=1S/C16H11Cl3FNO4/c1-16(2)5-6-3-7(4-8(22)12(6)25-16)24-15(23)9-10(17)11(18)13(19)21-14(9)20/h3-4,22H,5H2,1-2H3. The van der Waals surface area contributed by atoms with Crippen molar-refractivity contribution in [1.82, 2.24) is 4.98 Å². The van der Waals surface area contributed by atoms with Gasteiger partial charge in [-0.3, -0.25) is 0 Å². The number of ether oxygens (including phenoxy) is 2. The van der Waals surface area contributed by atoms with E-state index in [0.29, 0.717) is 17.7 Å². The summed E-state index contributed by atoms with van der Waals surface area (Å²) in [6.45, 7) is 3.71. The van der Waals surface area contributed by atoms with E-state index >= 15 is 0 Å². The molecule has 0 bridgehead atoms. The van der Waals surface area contributed by atoms with Crippen LogP contribution in [-0.2, 0) is 6.42 Å². The molecule has 0 radical (unpaired) electrons. The van der Waals surface area contributed by atoms with E-state index in [1.54, 1.807) is 0 Å². The second kappa shape index (κ2) is 6.20. The van der Waals surface area contributed by atoms with Gasteiger partial charge in [-0.1, -0.05) is 34.8 Å². The Hall–Kier alpha value is -1.76. The molecule has 0 unspecified atom stereocenters. The summed E-state index contributed by atoms with van der Waals surface area (Å²) in [7, 11) is 0. The molecular weight excluding hydrogens is 396 g/mol. The Labute approximate surface area is 157 Å². The highest BCUT2D eigenvalue weighted by Crippen LogP contribution is 2.44. The molecule has 2 heterocycles. The van der Waals surface area contributed by atoms with Gasteiger partial charge in [-0.25, -0.2) is 9.78 Å². The monoisotopic (exact) mass is 405 g/mol. The van der Waals surface area contributed by atoms with Crippen LogP contribution < -0.4 is 9.47 Å². The van der Waals surface area contributed by atoms with Crippen molar-refractivity contribution >= 4 is 40.8 Å². The van der Waals surface area contributed by atoms with E-state index in [2.05, 4.69) is 4.98 Å². The molecule has 25 heavy (non-hydrogen) atoms. The summed E-state index contributed by atoms with van der Waals surface area (Å²) in [4.78, 5) is 15.6. The first-order valence-electron chi connectivity index (χ1n) is 7.06. The molecule has 0 spiro atoms. The lowest BCUT2D eigenvalue weighted by Crippen LogP contribution is -2.24. The van der Waals surface area contributed by atoms with Crippen molar-refractivity contribution in [2.24, 2.45) is 0 Å². The number of hydrogen-bond acceptors (Lipinski definition) is 5. The van der Waals surface area contributed by atoms with Gasteiger partial charge in [0.05, 0.1) is 10.0 Å². The van der Waals surface area contributed by atoms with Crippen molar-refractivity contribution < 1.29 is 23.8 Å². The topological polar surface area (TPSA) is 68.7 Å². The zero-order valence-corrected chi connectivity index (χ0v) is 15.3. The van der Waals surface area contributed by atoms with Gasteiger partial charge < -0.3 is 14.6 Å². The van der Waals surface area contributed by atoms with Crippen LogP contribution in [0.5, 0.6) is 17.2 Å². The zero-order valence-electron chi connectivity index (χ0n) is 13.0. The van der Waals surface area contributed by atoms with Crippen LogP contribution in [-0.4, -0.2) is 21.7 Å². The number of aromatic nitrogens is 1. The second-order valence-corrected chi connectivity index (χ2v) is 7.17. The number of aromatic hydroxyl groups is 1. The molecular formula is C16H11Cl3FNO4. The third kappa shape index (κ3) is 3.34. The molecule has 1 aliphatic heterocycles. The Morgan fingerprint density at radius 3 is 2.68 bits per heavy atom. The Bertz CT molecular complexity index is 902. The Morgan fingerprint density at radius 2 is 2.00 bits per heavy atom. The maximum absolute atomic E-state index is 13.9. The normalized spacial score (nSPS) is 14.8. The minimum absolute atomic E-state index is 0.00379. The number of fused-ring (bicyclic) bond motifs is 1. The summed E-state index contributed by atoms with van der Waals surface area (Å²) in [5, 5.41) is 9.02. The van der Waals surface area contributed by atoms with Gasteiger partial charge >= 0.3 is 5.97 Å². The van der Waals surface area contributed by atoms with Gasteiger partial charge in [0.2, 0.25) is 5.95 Å². The van der Waals surface area contributed by atoms with Gasteiger partial charge in [-0.05, 0) is 19.9 Å². The van der Waals surface area contributed by atoms with Crippen LogP contribution in [0.25, 0.3) is 0 Å². The number of phenolic OH excluding ortho intramolecular Hbond substituents is 1. The van der Waals surface area contributed by atoms with Gasteiger partial charge in [-0.2, -0.15) is 4.39 Å². The number of esters is 1. The lowest BCUT2D eigenvalue weighted by Gasteiger charge is -2.17. The summed E-state index contributed by atoms with van der Waals surface area (Å²) in [5.74, 6) is -2.19. The van der Waals surface area contributed by atoms with Crippen molar-refractivity contribution in [2.75, 3.05) is 0 Å². The SMILES string of the molecule is CC1(C)Cc2cc(OC(=O)c3c(F)nc(Cl)c(Cl)c3Cl)cc(O)c2O1.